The Balaban J connectivity index is 1.93. The number of fused-ring (bicyclic) bond motifs is 1. The van der Waals surface area contributed by atoms with Crippen LogP contribution in [0.25, 0.3) is 10.2 Å². The molecule has 0 unspecified atom stereocenters. The first-order valence-electron chi connectivity index (χ1n) is 9.34. The molecule has 4 nitrogen and oxygen atoms in total. The lowest BCUT2D eigenvalue weighted by Crippen LogP contribution is -2.33. The Morgan fingerprint density at radius 2 is 1.86 bits per heavy atom. The second-order valence-corrected chi connectivity index (χ2v) is 9.15. The summed E-state index contributed by atoms with van der Waals surface area (Å²) in [4.78, 5) is 22.2. The fourth-order valence-electron chi connectivity index (χ4n) is 2.91. The third-order valence-corrected chi connectivity index (χ3v) is 6.20. The van der Waals surface area contributed by atoms with Gasteiger partial charge in [-0.15, -0.1) is 11.8 Å². The molecule has 0 atom stereocenters. The van der Waals surface area contributed by atoms with E-state index in [0.717, 1.165) is 41.0 Å². The first-order valence-corrected chi connectivity index (χ1v) is 11.1. The molecule has 2 aromatic carbocycles. The summed E-state index contributed by atoms with van der Waals surface area (Å²) in [6.45, 7) is 3.31. The molecule has 154 valence electrons. The minimum Gasteiger partial charge on any atom is -0.309 e. The number of benzene rings is 2. The fourth-order valence-corrected chi connectivity index (χ4v) is 4.60. The third kappa shape index (κ3) is 5.32. The van der Waals surface area contributed by atoms with Crippen LogP contribution in [0.5, 0.6) is 0 Å². The van der Waals surface area contributed by atoms with E-state index in [9.17, 15) is 13.6 Å². The van der Waals surface area contributed by atoms with Gasteiger partial charge in [-0.3, -0.25) is 9.69 Å². The van der Waals surface area contributed by atoms with Gasteiger partial charge < -0.3 is 4.90 Å². The van der Waals surface area contributed by atoms with E-state index >= 15 is 0 Å². The van der Waals surface area contributed by atoms with Gasteiger partial charge in [-0.05, 0) is 63.1 Å². The summed E-state index contributed by atoms with van der Waals surface area (Å²) in [5.41, 5.74) is 0.632. The summed E-state index contributed by atoms with van der Waals surface area (Å²) in [5, 5.41) is 0.375. The van der Waals surface area contributed by atoms with Crippen LogP contribution in [0, 0.1) is 11.6 Å². The molecule has 29 heavy (non-hydrogen) atoms. The maximum absolute atomic E-state index is 14.1. The zero-order valence-electron chi connectivity index (χ0n) is 16.6. The maximum atomic E-state index is 14.1. The summed E-state index contributed by atoms with van der Waals surface area (Å²) < 4.78 is 28.1. The highest BCUT2D eigenvalue weighted by Crippen LogP contribution is 2.32. The molecule has 1 aromatic heterocycles. The van der Waals surface area contributed by atoms with Crippen molar-refractivity contribution in [3.05, 3.63) is 53.6 Å². The lowest BCUT2D eigenvalue weighted by Gasteiger charge is -2.21. The van der Waals surface area contributed by atoms with Crippen LogP contribution in [0.3, 0.4) is 0 Å². The first-order chi connectivity index (χ1) is 13.9. The van der Waals surface area contributed by atoms with Crippen LogP contribution in [-0.2, 0) is 0 Å². The summed E-state index contributed by atoms with van der Waals surface area (Å²) >= 11 is 2.83. The second kappa shape index (κ2) is 9.65. The van der Waals surface area contributed by atoms with Crippen molar-refractivity contribution in [3.8, 4) is 0 Å². The highest BCUT2D eigenvalue weighted by Gasteiger charge is 2.22. The number of carbonyl (C=O) groups excluding carboxylic acids is 1. The number of thioether (sulfide) groups is 1. The average Bonchev–Trinajstić information content (AvgIpc) is 3.09. The smallest absolute Gasteiger partial charge is 0.260 e. The molecule has 3 rings (SSSR count). The highest BCUT2D eigenvalue weighted by atomic mass is 32.2. The minimum atomic E-state index is -0.718. The highest BCUT2D eigenvalue weighted by molar-refractivity contribution is 7.99. The minimum absolute atomic E-state index is 0.0894. The van der Waals surface area contributed by atoms with Gasteiger partial charge in [-0.2, -0.15) is 0 Å². The molecule has 0 fully saturated rings. The molecule has 1 heterocycles. The standard InChI is InChI=1S/C21H23F2N3OS2/c1-4-28-16-8-6-14(7-9-16)20(27)26(11-5-10-25(2)3)21-24-19-17(23)12-15(22)13-18(19)29-21/h6-9,12-13H,4-5,10-11H2,1-3H3. The predicted molar refractivity (Wildman–Crippen MR) is 117 cm³/mol. The number of carbonyl (C=O) groups is 1. The number of anilines is 1. The quantitative estimate of drug-likeness (QED) is 0.451. The van der Waals surface area contributed by atoms with Crippen LogP contribution < -0.4 is 4.90 Å². The molecule has 0 aliphatic heterocycles. The SMILES string of the molecule is CCSc1ccc(C(=O)N(CCCN(C)C)c2nc3c(F)cc(F)cc3s2)cc1. The van der Waals surface area contributed by atoms with Gasteiger partial charge in [0.25, 0.3) is 5.91 Å². The summed E-state index contributed by atoms with van der Waals surface area (Å²) in [6, 6.07) is 9.51. The van der Waals surface area contributed by atoms with E-state index in [0.29, 0.717) is 21.9 Å². The van der Waals surface area contributed by atoms with Crippen molar-refractivity contribution in [2.24, 2.45) is 0 Å². The molecule has 1 amide bonds. The maximum Gasteiger partial charge on any atom is 0.260 e. The lowest BCUT2D eigenvalue weighted by atomic mass is 10.2. The molecule has 0 bridgehead atoms. The number of aromatic nitrogens is 1. The van der Waals surface area contributed by atoms with Crippen molar-refractivity contribution in [2.45, 2.75) is 18.2 Å². The van der Waals surface area contributed by atoms with Crippen molar-refractivity contribution in [3.63, 3.8) is 0 Å². The second-order valence-electron chi connectivity index (χ2n) is 6.80. The predicted octanol–water partition coefficient (Wildman–Crippen LogP) is 5.29. The van der Waals surface area contributed by atoms with E-state index in [2.05, 4.69) is 11.9 Å². The van der Waals surface area contributed by atoms with E-state index in [1.54, 1.807) is 28.8 Å². The van der Waals surface area contributed by atoms with Crippen LogP contribution >= 0.6 is 23.1 Å². The Hall–Kier alpha value is -2.03. The molecule has 0 radical (unpaired) electrons. The van der Waals surface area contributed by atoms with E-state index in [1.807, 2.05) is 31.1 Å². The van der Waals surface area contributed by atoms with Gasteiger partial charge in [0.05, 0.1) is 4.70 Å². The summed E-state index contributed by atoms with van der Waals surface area (Å²) in [6.07, 6.45) is 0.731. The fraction of sp³-hybridized carbons (Fsp3) is 0.333. The Morgan fingerprint density at radius 3 is 2.52 bits per heavy atom. The van der Waals surface area contributed by atoms with Crippen LogP contribution in [0.2, 0.25) is 0 Å². The van der Waals surface area contributed by atoms with Crippen molar-refractivity contribution < 1.29 is 13.6 Å². The van der Waals surface area contributed by atoms with Gasteiger partial charge in [-0.1, -0.05) is 18.3 Å². The summed E-state index contributed by atoms with van der Waals surface area (Å²) in [7, 11) is 3.93. The largest absolute Gasteiger partial charge is 0.309 e. The van der Waals surface area contributed by atoms with Crippen LogP contribution in [0.1, 0.15) is 23.7 Å². The number of halogens is 2. The Kier molecular flexibility index (Phi) is 7.21. The van der Waals surface area contributed by atoms with Crippen LogP contribution in [0.4, 0.5) is 13.9 Å². The number of thiazole rings is 1. The van der Waals surface area contributed by atoms with Crippen molar-refractivity contribution in [1.82, 2.24) is 9.88 Å². The van der Waals surface area contributed by atoms with E-state index in [4.69, 9.17) is 0 Å². The number of hydrogen-bond acceptors (Lipinski definition) is 5. The Bertz CT molecular complexity index is 990. The topological polar surface area (TPSA) is 36.4 Å². The number of amides is 1. The van der Waals surface area contributed by atoms with E-state index in [1.165, 1.54) is 6.07 Å². The molecular formula is C21H23F2N3OS2. The molecule has 0 N–H and O–H groups in total. The van der Waals surface area contributed by atoms with E-state index in [-0.39, 0.29) is 11.4 Å². The Morgan fingerprint density at radius 1 is 1.14 bits per heavy atom. The number of hydrogen-bond donors (Lipinski definition) is 0. The van der Waals surface area contributed by atoms with Crippen molar-refractivity contribution >= 4 is 44.4 Å². The van der Waals surface area contributed by atoms with Gasteiger partial charge in [0, 0.05) is 23.1 Å². The van der Waals surface area contributed by atoms with Crippen molar-refractivity contribution in [2.75, 3.05) is 37.8 Å². The zero-order chi connectivity index (χ0) is 21.0. The Labute approximate surface area is 177 Å². The van der Waals surface area contributed by atoms with Gasteiger partial charge in [0.2, 0.25) is 0 Å². The zero-order valence-corrected chi connectivity index (χ0v) is 18.2. The van der Waals surface area contributed by atoms with Gasteiger partial charge in [0.15, 0.2) is 10.9 Å². The normalized spacial score (nSPS) is 11.4. The third-order valence-electron chi connectivity index (χ3n) is 4.28. The molecule has 3 aromatic rings. The van der Waals surface area contributed by atoms with Crippen molar-refractivity contribution in [1.29, 1.82) is 0 Å². The molecule has 0 aliphatic rings. The lowest BCUT2D eigenvalue weighted by molar-refractivity contribution is 0.0986. The number of nitrogens with zero attached hydrogens (tertiary/aromatic N) is 3. The first kappa shape index (κ1) is 21.7. The molecule has 0 saturated carbocycles. The average molecular weight is 436 g/mol. The van der Waals surface area contributed by atoms with E-state index < -0.39 is 11.6 Å². The van der Waals surface area contributed by atoms with Crippen LogP contribution in [0.15, 0.2) is 41.3 Å². The number of rotatable bonds is 8. The van der Waals surface area contributed by atoms with Gasteiger partial charge >= 0.3 is 0 Å². The molecule has 8 heteroatoms. The molecule has 0 spiro atoms. The van der Waals surface area contributed by atoms with Gasteiger partial charge in [-0.25, -0.2) is 13.8 Å². The molecular weight excluding hydrogens is 412 g/mol. The monoisotopic (exact) mass is 435 g/mol. The summed E-state index contributed by atoms with van der Waals surface area (Å²) in [5.74, 6) is -0.613. The molecule has 0 saturated heterocycles. The van der Waals surface area contributed by atoms with Gasteiger partial charge in [0.1, 0.15) is 11.3 Å². The molecule has 0 aliphatic carbocycles. The van der Waals surface area contributed by atoms with Crippen LogP contribution in [-0.4, -0.2) is 48.7 Å².